The third kappa shape index (κ3) is 2.74. The maximum Gasteiger partial charge on any atom is 0.240 e. The van der Waals surface area contributed by atoms with Crippen LogP contribution in [0.1, 0.15) is 0 Å². The summed E-state index contributed by atoms with van der Waals surface area (Å²) in [6.07, 6.45) is -0.0137. The summed E-state index contributed by atoms with van der Waals surface area (Å²) in [5.74, 6) is -0.459. The van der Waals surface area contributed by atoms with Gasteiger partial charge in [0, 0.05) is 6.54 Å². The number of hydrogen-bond acceptors (Lipinski definition) is 3. The van der Waals surface area contributed by atoms with E-state index < -0.39 is 15.8 Å². The first-order valence-electron chi connectivity index (χ1n) is 4.45. The third-order valence-corrected chi connectivity index (χ3v) is 3.47. The maximum atomic E-state index is 12.6. The molecule has 2 rings (SSSR count). The largest absolute Gasteiger partial charge is 0.372 e. The van der Waals surface area contributed by atoms with Crippen LogP contribution in [0.25, 0.3) is 0 Å². The van der Waals surface area contributed by atoms with E-state index in [9.17, 15) is 12.8 Å². The normalized spacial score (nSPS) is 20.2. The Morgan fingerprint density at radius 2 is 2.00 bits per heavy atom. The van der Waals surface area contributed by atoms with Crippen molar-refractivity contribution in [3.63, 3.8) is 0 Å². The van der Waals surface area contributed by atoms with Gasteiger partial charge in [-0.15, -0.1) is 0 Å². The van der Waals surface area contributed by atoms with Gasteiger partial charge in [0.2, 0.25) is 10.0 Å². The molecular weight excluding hydrogens is 221 g/mol. The standard InChI is InChI=1S/C9H10FNO3S/c10-7-1-3-9(4-2-7)15(12,13)11-5-8-6-14-8/h1-4,8,11H,5-6H2. The topological polar surface area (TPSA) is 58.7 Å². The Labute approximate surface area is 87.1 Å². The van der Waals surface area contributed by atoms with E-state index in [-0.39, 0.29) is 17.5 Å². The van der Waals surface area contributed by atoms with Crippen LogP contribution in [0, 0.1) is 5.82 Å². The molecule has 1 aromatic carbocycles. The molecular formula is C9H10FNO3S. The predicted octanol–water partition coefficient (Wildman–Crippen LogP) is 0.503. The summed E-state index contributed by atoms with van der Waals surface area (Å²) >= 11 is 0. The second-order valence-corrected chi connectivity index (χ2v) is 5.03. The van der Waals surface area contributed by atoms with Gasteiger partial charge in [-0.3, -0.25) is 0 Å². The molecule has 0 radical (unpaired) electrons. The zero-order valence-electron chi connectivity index (χ0n) is 7.81. The Kier molecular flexibility index (Phi) is 2.72. The molecule has 0 saturated carbocycles. The fraction of sp³-hybridized carbons (Fsp3) is 0.333. The molecule has 1 atom stereocenters. The number of nitrogens with one attached hydrogen (secondary N) is 1. The summed E-state index contributed by atoms with van der Waals surface area (Å²) in [6, 6.07) is 4.68. The smallest absolute Gasteiger partial charge is 0.240 e. The number of benzene rings is 1. The van der Waals surface area contributed by atoms with Gasteiger partial charge < -0.3 is 4.74 Å². The Morgan fingerprint density at radius 3 is 2.53 bits per heavy atom. The molecule has 82 valence electrons. The Hall–Kier alpha value is -0.980. The molecule has 1 fully saturated rings. The lowest BCUT2D eigenvalue weighted by Crippen LogP contribution is -2.27. The van der Waals surface area contributed by atoms with Crippen LogP contribution in [0.15, 0.2) is 29.2 Å². The molecule has 1 aliphatic rings. The van der Waals surface area contributed by atoms with Gasteiger partial charge in [-0.2, -0.15) is 0 Å². The van der Waals surface area contributed by atoms with Crippen LogP contribution in [0.2, 0.25) is 0 Å². The van der Waals surface area contributed by atoms with E-state index in [1.54, 1.807) is 0 Å². The summed E-state index contributed by atoms with van der Waals surface area (Å²) in [6.45, 7) is 0.853. The van der Waals surface area contributed by atoms with Gasteiger partial charge in [0.15, 0.2) is 0 Å². The minimum Gasteiger partial charge on any atom is -0.372 e. The van der Waals surface area contributed by atoms with Crippen molar-refractivity contribution in [1.29, 1.82) is 0 Å². The first-order chi connectivity index (χ1) is 7.08. The lowest BCUT2D eigenvalue weighted by molar-refractivity contribution is 0.406. The minimum atomic E-state index is -3.53. The van der Waals surface area contributed by atoms with Gasteiger partial charge in [-0.25, -0.2) is 17.5 Å². The average Bonchev–Trinajstić information content (AvgIpc) is 2.99. The van der Waals surface area contributed by atoms with E-state index in [0.29, 0.717) is 6.61 Å². The first kappa shape index (κ1) is 10.5. The quantitative estimate of drug-likeness (QED) is 0.768. The second kappa shape index (κ2) is 3.88. The summed E-state index contributed by atoms with van der Waals surface area (Å²) in [4.78, 5) is 0.0598. The molecule has 1 aromatic rings. The van der Waals surface area contributed by atoms with E-state index in [2.05, 4.69) is 4.72 Å². The highest BCUT2D eigenvalue weighted by molar-refractivity contribution is 7.89. The molecule has 6 heteroatoms. The van der Waals surface area contributed by atoms with Crippen molar-refractivity contribution in [2.45, 2.75) is 11.0 Å². The molecule has 0 spiro atoms. The highest BCUT2D eigenvalue weighted by Gasteiger charge is 2.25. The molecule has 1 N–H and O–H groups in total. The van der Waals surface area contributed by atoms with Crippen molar-refractivity contribution < 1.29 is 17.5 Å². The number of halogens is 1. The fourth-order valence-corrected chi connectivity index (χ4v) is 2.15. The second-order valence-electron chi connectivity index (χ2n) is 3.26. The zero-order valence-corrected chi connectivity index (χ0v) is 8.63. The van der Waals surface area contributed by atoms with Gasteiger partial charge in [0.05, 0.1) is 17.6 Å². The summed E-state index contributed by atoms with van der Waals surface area (Å²) in [5, 5.41) is 0. The molecule has 4 nitrogen and oxygen atoms in total. The van der Waals surface area contributed by atoms with E-state index in [1.165, 1.54) is 12.1 Å². The lowest BCUT2D eigenvalue weighted by Gasteiger charge is -2.04. The molecule has 1 unspecified atom stereocenters. The van der Waals surface area contributed by atoms with Gasteiger partial charge >= 0.3 is 0 Å². The van der Waals surface area contributed by atoms with Crippen LogP contribution < -0.4 is 4.72 Å². The van der Waals surface area contributed by atoms with Crippen LogP contribution in [0.3, 0.4) is 0 Å². The highest BCUT2D eigenvalue weighted by Crippen LogP contribution is 2.12. The van der Waals surface area contributed by atoms with Crippen molar-refractivity contribution >= 4 is 10.0 Å². The molecule has 0 bridgehead atoms. The Balaban J connectivity index is 2.09. The number of hydrogen-bond donors (Lipinski definition) is 1. The van der Waals surface area contributed by atoms with Crippen LogP contribution >= 0.6 is 0 Å². The number of ether oxygens (including phenoxy) is 1. The van der Waals surface area contributed by atoms with Gasteiger partial charge in [0.25, 0.3) is 0 Å². The Morgan fingerprint density at radius 1 is 1.40 bits per heavy atom. The number of rotatable bonds is 4. The van der Waals surface area contributed by atoms with Gasteiger partial charge in [0.1, 0.15) is 5.82 Å². The maximum absolute atomic E-state index is 12.6. The molecule has 15 heavy (non-hydrogen) atoms. The summed E-state index contributed by atoms with van der Waals surface area (Å²) in [7, 11) is -3.53. The van der Waals surface area contributed by atoms with Crippen LogP contribution in [0.5, 0.6) is 0 Å². The van der Waals surface area contributed by atoms with E-state index in [1.807, 2.05) is 0 Å². The highest BCUT2D eigenvalue weighted by atomic mass is 32.2. The van der Waals surface area contributed by atoms with Gasteiger partial charge in [-0.05, 0) is 24.3 Å². The number of epoxide rings is 1. The molecule has 1 aliphatic heterocycles. The monoisotopic (exact) mass is 231 g/mol. The predicted molar refractivity (Wildman–Crippen MR) is 51.3 cm³/mol. The summed E-state index contributed by atoms with van der Waals surface area (Å²) in [5.41, 5.74) is 0. The van der Waals surface area contributed by atoms with Gasteiger partial charge in [-0.1, -0.05) is 0 Å². The van der Waals surface area contributed by atoms with E-state index in [0.717, 1.165) is 12.1 Å². The molecule has 0 amide bonds. The van der Waals surface area contributed by atoms with E-state index >= 15 is 0 Å². The lowest BCUT2D eigenvalue weighted by atomic mass is 10.4. The van der Waals surface area contributed by atoms with Crippen molar-refractivity contribution in [3.05, 3.63) is 30.1 Å². The van der Waals surface area contributed by atoms with Crippen molar-refractivity contribution in [2.75, 3.05) is 13.2 Å². The molecule has 1 saturated heterocycles. The number of sulfonamides is 1. The molecule has 0 aromatic heterocycles. The molecule has 0 aliphatic carbocycles. The van der Waals surface area contributed by atoms with Crippen molar-refractivity contribution in [2.24, 2.45) is 0 Å². The van der Waals surface area contributed by atoms with Crippen molar-refractivity contribution in [1.82, 2.24) is 4.72 Å². The summed E-state index contributed by atoms with van der Waals surface area (Å²) < 4.78 is 43.0. The average molecular weight is 231 g/mol. The SMILES string of the molecule is O=S(=O)(NCC1CO1)c1ccc(F)cc1. The minimum absolute atomic E-state index is 0.0137. The van der Waals surface area contributed by atoms with Crippen LogP contribution in [0.4, 0.5) is 4.39 Å². The van der Waals surface area contributed by atoms with Crippen molar-refractivity contribution in [3.8, 4) is 0 Å². The van der Waals surface area contributed by atoms with Crippen LogP contribution in [-0.2, 0) is 14.8 Å². The fourth-order valence-electron chi connectivity index (χ4n) is 1.09. The third-order valence-electron chi connectivity index (χ3n) is 2.03. The first-order valence-corrected chi connectivity index (χ1v) is 5.93. The van der Waals surface area contributed by atoms with Crippen LogP contribution in [-0.4, -0.2) is 27.7 Å². The molecule has 1 heterocycles. The van der Waals surface area contributed by atoms with E-state index in [4.69, 9.17) is 4.74 Å². The zero-order chi connectivity index (χ0) is 10.9. The Bertz CT molecular complexity index is 439.